The van der Waals surface area contributed by atoms with Crippen molar-refractivity contribution in [3.8, 4) is 5.75 Å². The minimum atomic E-state index is -0.861. The van der Waals surface area contributed by atoms with Gasteiger partial charge >= 0.3 is 0 Å². The highest BCUT2D eigenvalue weighted by Gasteiger charge is 2.32. The molecule has 1 amide bonds. The van der Waals surface area contributed by atoms with E-state index in [1.807, 2.05) is 0 Å². The number of halogens is 3. The van der Waals surface area contributed by atoms with Crippen molar-refractivity contribution in [2.45, 2.75) is 0 Å². The largest absolute Gasteiger partial charge is 0.497 e. The molecule has 0 spiro atoms. The van der Waals surface area contributed by atoms with Gasteiger partial charge in [0.15, 0.2) is 11.6 Å². The van der Waals surface area contributed by atoms with Crippen LogP contribution in [0.25, 0.3) is 6.08 Å². The molecular formula is C25H18F3N3O3. The molecule has 0 unspecified atom stereocenters. The lowest BCUT2D eigenvalue weighted by molar-refractivity contribution is -0.124. The van der Waals surface area contributed by atoms with E-state index in [0.717, 1.165) is 11.1 Å². The van der Waals surface area contributed by atoms with Crippen LogP contribution in [0.3, 0.4) is 0 Å². The second kappa shape index (κ2) is 9.72. The lowest BCUT2D eigenvalue weighted by Crippen LogP contribution is -2.46. The summed E-state index contributed by atoms with van der Waals surface area (Å²) in [6.45, 7) is -0.253. The summed E-state index contributed by atoms with van der Waals surface area (Å²) in [4.78, 5) is 29.9. The molecular weight excluding hydrogens is 447 g/mol. The Morgan fingerprint density at radius 2 is 1.68 bits per heavy atom. The SMILES string of the molecule is COc1ccc(C(=O)CNN2C(=O)/C(=C/c3ccc(F)cc3F)N=C2c2ccc(F)cc2)cc1. The van der Waals surface area contributed by atoms with E-state index < -0.39 is 23.4 Å². The Morgan fingerprint density at radius 3 is 2.32 bits per heavy atom. The van der Waals surface area contributed by atoms with Crippen molar-refractivity contribution in [2.75, 3.05) is 13.7 Å². The molecule has 1 N–H and O–H groups in total. The normalized spacial score (nSPS) is 14.5. The molecule has 1 heterocycles. The average molecular weight is 465 g/mol. The van der Waals surface area contributed by atoms with Gasteiger partial charge in [-0.25, -0.2) is 28.6 Å². The first-order valence-corrected chi connectivity index (χ1v) is 10.1. The van der Waals surface area contributed by atoms with E-state index in [9.17, 15) is 22.8 Å². The minimum Gasteiger partial charge on any atom is -0.497 e. The summed E-state index contributed by atoms with van der Waals surface area (Å²) in [5.74, 6) is -2.38. The highest BCUT2D eigenvalue weighted by atomic mass is 19.1. The number of benzene rings is 3. The first-order chi connectivity index (χ1) is 16.4. The topological polar surface area (TPSA) is 71.0 Å². The predicted octanol–water partition coefficient (Wildman–Crippen LogP) is 4.13. The van der Waals surface area contributed by atoms with Crippen LogP contribution in [-0.4, -0.2) is 36.2 Å². The van der Waals surface area contributed by atoms with Gasteiger partial charge < -0.3 is 4.74 Å². The van der Waals surface area contributed by atoms with E-state index in [1.165, 1.54) is 43.5 Å². The van der Waals surface area contributed by atoms with Gasteiger partial charge in [-0.15, -0.1) is 0 Å². The molecule has 0 aromatic heterocycles. The first-order valence-electron chi connectivity index (χ1n) is 10.1. The lowest BCUT2D eigenvalue weighted by atomic mass is 10.1. The number of ether oxygens (including phenoxy) is 1. The Morgan fingerprint density at radius 1 is 1.00 bits per heavy atom. The number of hydrogen-bond donors (Lipinski definition) is 1. The molecule has 0 saturated heterocycles. The van der Waals surface area contributed by atoms with Crippen molar-refractivity contribution in [2.24, 2.45) is 4.99 Å². The number of rotatable bonds is 7. The van der Waals surface area contributed by atoms with Gasteiger partial charge in [-0.1, -0.05) is 0 Å². The second-order valence-corrected chi connectivity index (χ2v) is 7.26. The summed E-state index contributed by atoms with van der Waals surface area (Å²) < 4.78 is 45.8. The summed E-state index contributed by atoms with van der Waals surface area (Å²) in [5, 5.41) is 1.04. The molecule has 1 aliphatic heterocycles. The van der Waals surface area contributed by atoms with E-state index in [2.05, 4.69) is 10.4 Å². The van der Waals surface area contributed by atoms with Crippen LogP contribution < -0.4 is 10.2 Å². The Balaban J connectivity index is 1.62. The second-order valence-electron chi connectivity index (χ2n) is 7.26. The van der Waals surface area contributed by atoms with Crippen LogP contribution in [0.15, 0.2) is 77.4 Å². The van der Waals surface area contributed by atoms with E-state index in [1.54, 1.807) is 24.3 Å². The average Bonchev–Trinajstić information content (AvgIpc) is 3.14. The standard InChI is InChI=1S/C25H18F3N3O3/c1-34-20-10-5-15(6-11-20)23(32)14-29-31-24(16-2-7-18(26)8-3-16)30-22(25(31)33)12-17-4-9-19(27)13-21(17)28/h2-13,29H,14H2,1H3/b22-12-. The molecule has 0 saturated carbocycles. The summed E-state index contributed by atoms with van der Waals surface area (Å²) in [7, 11) is 1.51. The Kier molecular flexibility index (Phi) is 6.55. The van der Waals surface area contributed by atoms with E-state index in [4.69, 9.17) is 4.74 Å². The highest BCUT2D eigenvalue weighted by molar-refractivity contribution is 6.19. The van der Waals surface area contributed by atoms with Crippen LogP contribution >= 0.6 is 0 Å². The van der Waals surface area contributed by atoms with Crippen molar-refractivity contribution < 1.29 is 27.5 Å². The fraction of sp³-hybridized carbons (Fsp3) is 0.0800. The predicted molar refractivity (Wildman–Crippen MR) is 119 cm³/mol. The highest BCUT2D eigenvalue weighted by Crippen LogP contribution is 2.22. The first kappa shape index (κ1) is 22.9. The third-order valence-corrected chi connectivity index (χ3v) is 5.03. The van der Waals surface area contributed by atoms with Gasteiger partial charge in [0.25, 0.3) is 5.91 Å². The molecule has 0 aliphatic carbocycles. The zero-order valence-electron chi connectivity index (χ0n) is 17.9. The Bertz CT molecular complexity index is 1300. The van der Waals surface area contributed by atoms with Crippen LogP contribution in [0.5, 0.6) is 5.75 Å². The number of hydrazine groups is 1. The number of nitrogens with one attached hydrogen (secondary N) is 1. The maximum absolute atomic E-state index is 14.1. The molecule has 3 aromatic rings. The van der Waals surface area contributed by atoms with Crippen molar-refractivity contribution in [1.82, 2.24) is 10.4 Å². The third kappa shape index (κ3) is 4.89. The molecule has 1 aliphatic rings. The Hall–Kier alpha value is -4.24. The smallest absolute Gasteiger partial charge is 0.292 e. The van der Waals surface area contributed by atoms with Crippen LogP contribution in [0.2, 0.25) is 0 Å². The monoisotopic (exact) mass is 465 g/mol. The van der Waals surface area contributed by atoms with Crippen LogP contribution in [0.1, 0.15) is 21.5 Å². The minimum absolute atomic E-state index is 0.0388. The fourth-order valence-electron chi connectivity index (χ4n) is 3.25. The third-order valence-electron chi connectivity index (χ3n) is 5.03. The molecule has 6 nitrogen and oxygen atoms in total. The maximum Gasteiger partial charge on any atom is 0.292 e. The summed E-state index contributed by atoms with van der Waals surface area (Å²) >= 11 is 0. The van der Waals surface area contributed by atoms with Crippen molar-refractivity contribution in [3.05, 3.63) is 107 Å². The maximum atomic E-state index is 14.1. The van der Waals surface area contributed by atoms with Gasteiger partial charge in [0.2, 0.25) is 0 Å². The van der Waals surface area contributed by atoms with Crippen molar-refractivity contribution in [3.63, 3.8) is 0 Å². The summed E-state index contributed by atoms with van der Waals surface area (Å²) in [6, 6.07) is 14.6. The number of amidine groups is 1. The summed E-state index contributed by atoms with van der Waals surface area (Å²) in [5.41, 5.74) is 3.35. The molecule has 172 valence electrons. The molecule has 0 radical (unpaired) electrons. The summed E-state index contributed by atoms with van der Waals surface area (Å²) in [6.07, 6.45) is 1.17. The zero-order chi connectivity index (χ0) is 24.2. The number of carbonyl (C=O) groups excluding carboxylic acids is 2. The number of nitrogens with zero attached hydrogens (tertiary/aromatic N) is 2. The number of hydrogen-bond acceptors (Lipinski definition) is 5. The Labute approximate surface area is 193 Å². The van der Waals surface area contributed by atoms with E-state index >= 15 is 0 Å². The zero-order valence-corrected chi connectivity index (χ0v) is 17.9. The van der Waals surface area contributed by atoms with E-state index in [-0.39, 0.29) is 29.4 Å². The van der Waals surface area contributed by atoms with Gasteiger partial charge in [-0.05, 0) is 66.7 Å². The van der Waals surface area contributed by atoms with Crippen LogP contribution in [0, 0.1) is 17.5 Å². The molecule has 34 heavy (non-hydrogen) atoms. The van der Waals surface area contributed by atoms with Gasteiger partial charge in [0.05, 0.1) is 13.7 Å². The van der Waals surface area contributed by atoms with Gasteiger partial charge in [-0.2, -0.15) is 0 Å². The number of Topliss-reactive ketones (excluding diaryl/α,β-unsaturated/α-hetero) is 1. The number of ketones is 1. The van der Waals surface area contributed by atoms with Gasteiger partial charge in [0.1, 0.15) is 28.9 Å². The van der Waals surface area contributed by atoms with Crippen LogP contribution in [0.4, 0.5) is 13.2 Å². The van der Waals surface area contributed by atoms with Crippen molar-refractivity contribution in [1.29, 1.82) is 0 Å². The molecule has 3 aromatic carbocycles. The molecule has 4 rings (SSSR count). The molecule has 9 heteroatoms. The quantitative estimate of drug-likeness (QED) is 0.421. The lowest BCUT2D eigenvalue weighted by Gasteiger charge is -2.19. The number of aliphatic imine (C=N–C) groups is 1. The van der Waals surface area contributed by atoms with Crippen LogP contribution in [-0.2, 0) is 4.79 Å². The molecule has 0 atom stereocenters. The van der Waals surface area contributed by atoms with Gasteiger partial charge in [-0.3, -0.25) is 9.59 Å². The molecule has 0 bridgehead atoms. The van der Waals surface area contributed by atoms with E-state index in [0.29, 0.717) is 22.9 Å². The molecule has 0 fully saturated rings. The number of methoxy groups -OCH3 is 1. The van der Waals surface area contributed by atoms with Gasteiger partial charge in [0, 0.05) is 22.8 Å². The number of carbonyl (C=O) groups is 2. The fourth-order valence-corrected chi connectivity index (χ4v) is 3.25. The van der Waals surface area contributed by atoms with Crippen molar-refractivity contribution >= 4 is 23.6 Å². The number of amides is 1.